The molecule has 3 aromatic rings. The second-order valence-electron chi connectivity index (χ2n) is 6.07. The molecule has 0 fully saturated rings. The van der Waals surface area contributed by atoms with Crippen LogP contribution in [-0.4, -0.2) is 21.5 Å². The molecule has 4 nitrogen and oxygen atoms in total. The molecule has 0 aromatic carbocycles. The van der Waals surface area contributed by atoms with Gasteiger partial charge in [0.1, 0.15) is 10.6 Å². The lowest BCUT2D eigenvalue weighted by atomic mass is 9.97. The molecule has 1 N–H and O–H groups in total. The number of aryl methyl sites for hydroxylation is 2. The maximum atomic E-state index is 14.1. The van der Waals surface area contributed by atoms with Crippen LogP contribution in [0.3, 0.4) is 0 Å². The van der Waals surface area contributed by atoms with E-state index in [9.17, 15) is 4.39 Å². The van der Waals surface area contributed by atoms with Gasteiger partial charge in [-0.25, -0.2) is 14.4 Å². The van der Waals surface area contributed by atoms with Gasteiger partial charge >= 0.3 is 0 Å². The first kappa shape index (κ1) is 15.4. The van der Waals surface area contributed by atoms with E-state index in [-0.39, 0.29) is 5.82 Å². The summed E-state index contributed by atoms with van der Waals surface area (Å²) in [4.78, 5) is 15.5. The summed E-state index contributed by atoms with van der Waals surface area (Å²) in [5.41, 5.74) is 1.79. The van der Waals surface area contributed by atoms with E-state index in [0.717, 1.165) is 41.8 Å². The number of nitrogens with zero attached hydrogens (tertiary/aromatic N) is 3. The summed E-state index contributed by atoms with van der Waals surface area (Å²) in [5, 5.41) is 4.56. The van der Waals surface area contributed by atoms with E-state index >= 15 is 0 Å². The molecule has 1 aliphatic rings. The van der Waals surface area contributed by atoms with E-state index in [1.165, 1.54) is 29.5 Å². The van der Waals surface area contributed by atoms with E-state index < -0.39 is 0 Å². The summed E-state index contributed by atoms with van der Waals surface area (Å²) < 4.78 is 14.1. The molecule has 124 valence electrons. The first-order valence-corrected chi connectivity index (χ1v) is 9.25. The van der Waals surface area contributed by atoms with Crippen molar-refractivity contribution in [1.29, 1.82) is 0 Å². The van der Waals surface area contributed by atoms with Crippen LogP contribution in [0.25, 0.3) is 21.6 Å². The Kier molecular flexibility index (Phi) is 4.14. The zero-order valence-corrected chi connectivity index (χ0v) is 14.4. The Hall–Kier alpha value is -2.08. The Bertz CT molecular complexity index is 890. The highest BCUT2D eigenvalue weighted by atomic mass is 32.1. The van der Waals surface area contributed by atoms with E-state index in [4.69, 9.17) is 0 Å². The summed E-state index contributed by atoms with van der Waals surface area (Å²) in [7, 11) is 0. The van der Waals surface area contributed by atoms with Crippen LogP contribution in [-0.2, 0) is 12.8 Å². The van der Waals surface area contributed by atoms with Crippen molar-refractivity contribution in [2.75, 3.05) is 11.9 Å². The highest BCUT2D eigenvalue weighted by Crippen LogP contribution is 2.39. The molecule has 4 rings (SSSR count). The fourth-order valence-corrected chi connectivity index (χ4v) is 4.47. The first-order valence-electron chi connectivity index (χ1n) is 8.44. The smallest absolute Gasteiger partial charge is 0.166 e. The normalized spacial score (nSPS) is 13.9. The largest absolute Gasteiger partial charge is 0.369 e. The van der Waals surface area contributed by atoms with Crippen LogP contribution in [0.4, 0.5) is 10.2 Å². The topological polar surface area (TPSA) is 50.7 Å². The maximum absolute atomic E-state index is 14.1. The molecule has 3 aromatic heterocycles. The zero-order valence-electron chi connectivity index (χ0n) is 13.6. The van der Waals surface area contributed by atoms with Crippen molar-refractivity contribution in [1.82, 2.24) is 15.0 Å². The van der Waals surface area contributed by atoms with Crippen LogP contribution in [0, 0.1) is 5.82 Å². The number of hydrogen-bond donors (Lipinski definition) is 1. The number of thiophene rings is 1. The maximum Gasteiger partial charge on any atom is 0.166 e. The molecule has 0 spiro atoms. The number of aromatic nitrogens is 3. The third kappa shape index (κ3) is 2.65. The molecular formula is C18H19FN4S. The molecule has 6 heteroatoms. The third-order valence-electron chi connectivity index (χ3n) is 4.37. The summed E-state index contributed by atoms with van der Waals surface area (Å²) in [6.07, 6.45) is 8.44. The van der Waals surface area contributed by atoms with E-state index in [0.29, 0.717) is 11.4 Å². The van der Waals surface area contributed by atoms with Crippen LogP contribution in [0.5, 0.6) is 0 Å². The summed E-state index contributed by atoms with van der Waals surface area (Å²) in [6.45, 7) is 2.97. The van der Waals surface area contributed by atoms with E-state index in [2.05, 4.69) is 27.2 Å². The molecule has 0 saturated carbocycles. The van der Waals surface area contributed by atoms with E-state index in [1.807, 2.05) is 0 Å². The average Bonchev–Trinajstić information content (AvgIpc) is 2.98. The molecular weight excluding hydrogens is 323 g/mol. The molecule has 0 saturated heterocycles. The molecule has 0 radical (unpaired) electrons. The van der Waals surface area contributed by atoms with Crippen LogP contribution in [0.2, 0.25) is 0 Å². The Morgan fingerprint density at radius 2 is 2.12 bits per heavy atom. The average molecular weight is 342 g/mol. The lowest BCUT2D eigenvalue weighted by Crippen LogP contribution is -2.06. The van der Waals surface area contributed by atoms with Gasteiger partial charge in [0.05, 0.1) is 17.1 Å². The van der Waals surface area contributed by atoms with Gasteiger partial charge in [-0.1, -0.05) is 6.92 Å². The molecule has 0 unspecified atom stereocenters. The van der Waals surface area contributed by atoms with Crippen LogP contribution < -0.4 is 5.32 Å². The highest BCUT2D eigenvalue weighted by Gasteiger charge is 2.22. The Labute approximate surface area is 144 Å². The number of rotatable bonds is 4. The Balaban J connectivity index is 1.92. The first-order chi connectivity index (χ1) is 11.8. The summed E-state index contributed by atoms with van der Waals surface area (Å²) >= 11 is 1.73. The predicted molar refractivity (Wildman–Crippen MR) is 96.0 cm³/mol. The van der Waals surface area contributed by atoms with Gasteiger partial charge in [-0.3, -0.25) is 4.98 Å². The standard InChI is InChI=1S/C18H19FN4S/c1-2-8-21-17-15-12-5-3-4-6-14(12)24-18(15)23-16(22-17)11-7-9-20-10-13(11)19/h7,9-10H,2-6,8H2,1H3,(H,21,22,23). The van der Waals surface area contributed by atoms with Crippen molar-refractivity contribution in [2.24, 2.45) is 0 Å². The van der Waals surface area contributed by atoms with E-state index in [1.54, 1.807) is 23.6 Å². The number of nitrogens with one attached hydrogen (secondary N) is 1. The lowest BCUT2D eigenvalue weighted by Gasteiger charge is -2.13. The number of anilines is 1. The van der Waals surface area contributed by atoms with Crippen molar-refractivity contribution in [2.45, 2.75) is 39.0 Å². The molecule has 0 atom stereocenters. The molecule has 1 aliphatic carbocycles. The minimum atomic E-state index is -0.389. The second kappa shape index (κ2) is 6.43. The molecule has 0 amide bonds. The minimum Gasteiger partial charge on any atom is -0.369 e. The van der Waals surface area contributed by atoms with Gasteiger partial charge in [-0.2, -0.15) is 0 Å². The predicted octanol–water partition coefficient (Wildman–Crippen LogP) is 4.59. The molecule has 24 heavy (non-hydrogen) atoms. The lowest BCUT2D eigenvalue weighted by molar-refractivity contribution is 0.624. The SMILES string of the molecule is CCCNc1nc(-c2ccncc2F)nc2sc3c(c12)CCCC3. The fourth-order valence-electron chi connectivity index (χ4n) is 3.21. The number of halogens is 1. The number of fused-ring (bicyclic) bond motifs is 3. The molecule has 0 bridgehead atoms. The molecule has 0 aliphatic heterocycles. The van der Waals surface area contributed by atoms with Gasteiger partial charge in [0.25, 0.3) is 0 Å². The van der Waals surface area contributed by atoms with Crippen LogP contribution >= 0.6 is 11.3 Å². The van der Waals surface area contributed by atoms with Crippen molar-refractivity contribution >= 4 is 27.4 Å². The quantitative estimate of drug-likeness (QED) is 0.753. The van der Waals surface area contributed by atoms with Gasteiger partial charge in [-0.15, -0.1) is 11.3 Å². The number of hydrogen-bond acceptors (Lipinski definition) is 5. The monoisotopic (exact) mass is 342 g/mol. The van der Waals surface area contributed by atoms with Crippen molar-refractivity contribution in [3.05, 3.63) is 34.7 Å². The second-order valence-corrected chi connectivity index (χ2v) is 7.15. The highest BCUT2D eigenvalue weighted by molar-refractivity contribution is 7.19. The van der Waals surface area contributed by atoms with Gasteiger partial charge in [0, 0.05) is 17.6 Å². The Morgan fingerprint density at radius 3 is 2.96 bits per heavy atom. The van der Waals surface area contributed by atoms with Crippen molar-refractivity contribution < 1.29 is 4.39 Å². The molecule has 3 heterocycles. The van der Waals surface area contributed by atoms with Gasteiger partial charge in [0.15, 0.2) is 11.6 Å². The van der Waals surface area contributed by atoms with Crippen molar-refractivity contribution in [3.63, 3.8) is 0 Å². The summed E-state index contributed by atoms with van der Waals surface area (Å²) in [6, 6.07) is 1.63. The fraction of sp³-hybridized carbons (Fsp3) is 0.389. The summed E-state index contributed by atoms with van der Waals surface area (Å²) in [5.74, 6) is 0.881. The van der Waals surface area contributed by atoms with Crippen LogP contribution in [0.1, 0.15) is 36.6 Å². The number of pyridine rings is 1. The minimum absolute atomic E-state index is 0.389. The van der Waals surface area contributed by atoms with Gasteiger partial charge in [-0.05, 0) is 43.7 Å². The van der Waals surface area contributed by atoms with Crippen LogP contribution in [0.15, 0.2) is 18.5 Å². The van der Waals surface area contributed by atoms with Gasteiger partial charge in [0.2, 0.25) is 0 Å². The Morgan fingerprint density at radius 1 is 1.25 bits per heavy atom. The third-order valence-corrected chi connectivity index (χ3v) is 5.56. The van der Waals surface area contributed by atoms with Gasteiger partial charge < -0.3 is 5.32 Å². The zero-order chi connectivity index (χ0) is 16.5. The van der Waals surface area contributed by atoms with Crippen molar-refractivity contribution in [3.8, 4) is 11.4 Å².